The molecule has 0 saturated heterocycles. The maximum atomic E-state index is 2.35. The molecule has 0 bridgehead atoms. The Labute approximate surface area is 83.2 Å². The van der Waals surface area contributed by atoms with Gasteiger partial charge in [-0.15, -0.1) is 11.3 Å². The van der Waals surface area contributed by atoms with Crippen LogP contribution in [-0.4, -0.2) is 0 Å². The van der Waals surface area contributed by atoms with Gasteiger partial charge in [0.15, 0.2) is 0 Å². The van der Waals surface area contributed by atoms with Crippen molar-refractivity contribution in [2.24, 2.45) is 0 Å². The normalized spacial score (nSPS) is 10.9. The number of hydrogen-bond acceptors (Lipinski definition) is 1. The van der Waals surface area contributed by atoms with Crippen molar-refractivity contribution in [3.63, 3.8) is 0 Å². The van der Waals surface area contributed by atoms with Crippen LogP contribution in [0.3, 0.4) is 0 Å². The van der Waals surface area contributed by atoms with Crippen LogP contribution in [0.1, 0.15) is 24.3 Å². The lowest BCUT2D eigenvalue weighted by molar-refractivity contribution is 1.16. The maximum absolute atomic E-state index is 2.35. The third-order valence-corrected chi connectivity index (χ3v) is 3.68. The van der Waals surface area contributed by atoms with Crippen LogP contribution in [0.5, 0.6) is 0 Å². The molecule has 0 spiro atoms. The Balaban J connectivity index is 2.67. The highest BCUT2D eigenvalue weighted by Gasteiger charge is 2.02. The van der Waals surface area contributed by atoms with Crippen LogP contribution in [0.25, 0.3) is 10.1 Å². The lowest BCUT2D eigenvalue weighted by Gasteiger charge is -1.96. The van der Waals surface area contributed by atoms with Gasteiger partial charge in [0.2, 0.25) is 0 Å². The Morgan fingerprint density at radius 2 is 2.00 bits per heavy atom. The van der Waals surface area contributed by atoms with E-state index in [0.29, 0.717) is 0 Å². The highest BCUT2D eigenvalue weighted by Crippen LogP contribution is 2.28. The van der Waals surface area contributed by atoms with Gasteiger partial charge in [-0.1, -0.05) is 26.0 Å². The molecule has 1 aromatic heterocycles. The molecular formula is C12H14S. The zero-order valence-corrected chi connectivity index (χ0v) is 8.95. The molecule has 1 heterocycles. The van der Waals surface area contributed by atoms with Crippen LogP contribution in [-0.2, 0) is 12.8 Å². The highest BCUT2D eigenvalue weighted by molar-refractivity contribution is 7.19. The van der Waals surface area contributed by atoms with Gasteiger partial charge in [0.25, 0.3) is 0 Å². The Bertz CT molecular complexity index is 412. The van der Waals surface area contributed by atoms with E-state index in [-0.39, 0.29) is 0 Å². The van der Waals surface area contributed by atoms with Crippen LogP contribution in [0.4, 0.5) is 0 Å². The summed E-state index contributed by atoms with van der Waals surface area (Å²) in [6.07, 6.45) is 2.29. The highest BCUT2D eigenvalue weighted by atomic mass is 32.1. The minimum atomic E-state index is 1.14. The van der Waals surface area contributed by atoms with Gasteiger partial charge in [0, 0.05) is 9.58 Å². The summed E-state index contributed by atoms with van der Waals surface area (Å²) in [5.41, 5.74) is 1.48. The molecule has 0 atom stereocenters. The van der Waals surface area contributed by atoms with E-state index in [1.165, 1.54) is 20.5 Å². The molecule has 0 fully saturated rings. The SMILES string of the molecule is CCc1cc2c(CC)cccc2s1. The van der Waals surface area contributed by atoms with E-state index in [2.05, 4.69) is 38.1 Å². The fourth-order valence-corrected chi connectivity index (χ4v) is 2.71. The summed E-state index contributed by atoms with van der Waals surface area (Å²) < 4.78 is 1.44. The zero-order chi connectivity index (χ0) is 9.26. The predicted octanol–water partition coefficient (Wildman–Crippen LogP) is 4.03. The van der Waals surface area contributed by atoms with Gasteiger partial charge >= 0.3 is 0 Å². The Kier molecular flexibility index (Phi) is 2.36. The molecule has 0 amide bonds. The summed E-state index contributed by atoms with van der Waals surface area (Å²) >= 11 is 1.93. The van der Waals surface area contributed by atoms with Crippen LogP contribution in [0.2, 0.25) is 0 Å². The first-order chi connectivity index (χ1) is 6.35. The number of thiophene rings is 1. The first-order valence-corrected chi connectivity index (χ1v) is 5.67. The Morgan fingerprint density at radius 1 is 1.15 bits per heavy atom. The molecule has 2 rings (SSSR count). The van der Waals surface area contributed by atoms with E-state index >= 15 is 0 Å². The van der Waals surface area contributed by atoms with Gasteiger partial charge in [-0.2, -0.15) is 0 Å². The summed E-state index contributed by atoms with van der Waals surface area (Å²) in [4.78, 5) is 1.50. The number of hydrogen-bond donors (Lipinski definition) is 0. The fraction of sp³-hybridized carbons (Fsp3) is 0.333. The Morgan fingerprint density at radius 3 is 2.69 bits per heavy atom. The standard InChI is InChI=1S/C12H14S/c1-3-9-6-5-7-12-11(9)8-10(4-2)13-12/h5-8H,3-4H2,1-2H3. The minimum Gasteiger partial charge on any atom is -0.140 e. The van der Waals surface area contributed by atoms with Crippen molar-refractivity contribution < 1.29 is 0 Å². The van der Waals surface area contributed by atoms with Crippen LogP contribution in [0.15, 0.2) is 24.3 Å². The molecule has 0 aliphatic heterocycles. The molecule has 0 saturated carbocycles. The molecule has 0 radical (unpaired) electrons. The fourth-order valence-electron chi connectivity index (χ4n) is 1.66. The summed E-state index contributed by atoms with van der Waals surface area (Å²) in [5, 5.41) is 1.46. The topological polar surface area (TPSA) is 0 Å². The quantitative estimate of drug-likeness (QED) is 0.670. The molecule has 0 aliphatic carbocycles. The van der Waals surface area contributed by atoms with Gasteiger partial charge in [-0.3, -0.25) is 0 Å². The molecular weight excluding hydrogens is 176 g/mol. The summed E-state index contributed by atoms with van der Waals surface area (Å²) in [7, 11) is 0. The van der Waals surface area contributed by atoms with Gasteiger partial charge in [-0.25, -0.2) is 0 Å². The monoisotopic (exact) mass is 190 g/mol. The first-order valence-electron chi connectivity index (χ1n) is 4.85. The molecule has 0 nitrogen and oxygen atoms in total. The predicted molar refractivity (Wildman–Crippen MR) is 60.6 cm³/mol. The molecule has 68 valence electrons. The number of benzene rings is 1. The lowest BCUT2D eigenvalue weighted by atomic mass is 10.1. The number of aryl methyl sites for hydroxylation is 2. The summed E-state index contributed by atoms with van der Waals surface area (Å²) in [6, 6.07) is 8.96. The van der Waals surface area contributed by atoms with Gasteiger partial charge in [0.1, 0.15) is 0 Å². The van der Waals surface area contributed by atoms with E-state index < -0.39 is 0 Å². The van der Waals surface area contributed by atoms with E-state index in [0.717, 1.165) is 12.8 Å². The van der Waals surface area contributed by atoms with Crippen molar-refractivity contribution in [3.05, 3.63) is 34.7 Å². The molecule has 2 aromatic rings. The molecule has 0 unspecified atom stereocenters. The Hall–Kier alpha value is -0.820. The van der Waals surface area contributed by atoms with Crippen molar-refractivity contribution in [1.82, 2.24) is 0 Å². The number of rotatable bonds is 2. The van der Waals surface area contributed by atoms with Gasteiger partial charge in [-0.05, 0) is 35.9 Å². The van der Waals surface area contributed by atoms with Gasteiger partial charge < -0.3 is 0 Å². The molecule has 0 aliphatic rings. The van der Waals surface area contributed by atoms with E-state index in [9.17, 15) is 0 Å². The molecule has 13 heavy (non-hydrogen) atoms. The zero-order valence-electron chi connectivity index (χ0n) is 8.13. The maximum Gasteiger partial charge on any atom is 0.0348 e. The third kappa shape index (κ3) is 1.49. The molecule has 1 aromatic carbocycles. The van der Waals surface area contributed by atoms with E-state index in [1.54, 1.807) is 0 Å². The van der Waals surface area contributed by atoms with Crippen molar-refractivity contribution in [2.45, 2.75) is 26.7 Å². The van der Waals surface area contributed by atoms with Crippen LogP contribution in [0, 0.1) is 0 Å². The average Bonchev–Trinajstić information content (AvgIpc) is 2.59. The van der Waals surface area contributed by atoms with E-state index in [4.69, 9.17) is 0 Å². The van der Waals surface area contributed by atoms with Crippen molar-refractivity contribution in [1.29, 1.82) is 0 Å². The second-order valence-corrected chi connectivity index (χ2v) is 4.42. The van der Waals surface area contributed by atoms with Crippen molar-refractivity contribution >= 4 is 21.4 Å². The van der Waals surface area contributed by atoms with E-state index in [1.807, 2.05) is 11.3 Å². The molecule has 0 N–H and O–H groups in total. The smallest absolute Gasteiger partial charge is 0.0348 e. The average molecular weight is 190 g/mol. The molecule has 1 heteroatoms. The van der Waals surface area contributed by atoms with Crippen LogP contribution < -0.4 is 0 Å². The lowest BCUT2D eigenvalue weighted by Crippen LogP contribution is -1.78. The minimum absolute atomic E-state index is 1.14. The van der Waals surface area contributed by atoms with Crippen molar-refractivity contribution in [2.75, 3.05) is 0 Å². The second kappa shape index (κ2) is 3.51. The van der Waals surface area contributed by atoms with Gasteiger partial charge in [0.05, 0.1) is 0 Å². The first kappa shape index (κ1) is 8.76. The number of fused-ring (bicyclic) bond motifs is 1. The van der Waals surface area contributed by atoms with Crippen LogP contribution >= 0.6 is 11.3 Å². The van der Waals surface area contributed by atoms with Crippen molar-refractivity contribution in [3.8, 4) is 0 Å². The third-order valence-electron chi connectivity index (χ3n) is 2.43. The summed E-state index contributed by atoms with van der Waals surface area (Å²) in [6.45, 7) is 4.44. The summed E-state index contributed by atoms with van der Waals surface area (Å²) in [5.74, 6) is 0. The largest absolute Gasteiger partial charge is 0.140 e. The second-order valence-electron chi connectivity index (χ2n) is 3.25.